The topological polar surface area (TPSA) is 65.3 Å². The molecule has 1 fully saturated rings. The van der Waals surface area contributed by atoms with Crippen LogP contribution in [-0.2, 0) is 0 Å². The number of nitrogens with zero attached hydrogens (tertiary/aromatic N) is 5. The van der Waals surface area contributed by atoms with Crippen molar-refractivity contribution < 1.29 is 9.47 Å². The number of rotatable bonds is 3. The lowest BCUT2D eigenvalue weighted by molar-refractivity contribution is 0.174. The first-order valence-corrected chi connectivity index (χ1v) is 9.32. The van der Waals surface area contributed by atoms with Gasteiger partial charge in [0.1, 0.15) is 5.82 Å². The summed E-state index contributed by atoms with van der Waals surface area (Å²) in [5, 5.41) is 0.613. The number of hydrogen-bond donors (Lipinski definition) is 0. The van der Waals surface area contributed by atoms with Gasteiger partial charge in [0.2, 0.25) is 12.7 Å². The third-order valence-electron chi connectivity index (χ3n) is 5.06. The zero-order valence-electron chi connectivity index (χ0n) is 14.6. The Kier molecular flexibility index (Phi) is 4.09. The number of hydrogen-bond acceptors (Lipinski definition) is 6. The maximum atomic E-state index is 6.50. The van der Waals surface area contributed by atoms with Gasteiger partial charge in [0.15, 0.2) is 11.5 Å². The average Bonchev–Trinajstić information content (AvgIpc) is 3.37. The Labute approximate surface area is 161 Å². The normalized spacial score (nSPS) is 16.7. The highest BCUT2D eigenvalue weighted by Gasteiger charge is 2.25. The van der Waals surface area contributed by atoms with Crippen LogP contribution in [0.3, 0.4) is 0 Å². The van der Waals surface area contributed by atoms with Gasteiger partial charge in [-0.15, -0.1) is 0 Å². The van der Waals surface area contributed by atoms with E-state index in [1.54, 1.807) is 18.5 Å². The molecule has 0 bridgehead atoms. The van der Waals surface area contributed by atoms with Crippen LogP contribution in [0.1, 0.15) is 18.9 Å². The molecule has 138 valence electrons. The van der Waals surface area contributed by atoms with Crippen molar-refractivity contribution in [2.45, 2.75) is 18.9 Å². The van der Waals surface area contributed by atoms with Gasteiger partial charge in [0.05, 0.1) is 5.02 Å². The Hall–Kier alpha value is -2.80. The molecule has 1 saturated heterocycles. The fourth-order valence-corrected chi connectivity index (χ4v) is 3.94. The second-order valence-corrected chi connectivity index (χ2v) is 7.02. The molecule has 27 heavy (non-hydrogen) atoms. The van der Waals surface area contributed by atoms with Crippen molar-refractivity contribution in [2.75, 3.05) is 24.8 Å². The number of fused-ring (bicyclic) bond motifs is 1. The van der Waals surface area contributed by atoms with Crippen molar-refractivity contribution in [2.24, 2.45) is 0 Å². The number of piperidine rings is 1. The zero-order chi connectivity index (χ0) is 18.2. The van der Waals surface area contributed by atoms with E-state index in [1.165, 1.54) is 0 Å². The van der Waals surface area contributed by atoms with Crippen molar-refractivity contribution in [3.05, 3.63) is 48.0 Å². The molecular formula is C19H18ClN5O2. The van der Waals surface area contributed by atoms with Crippen molar-refractivity contribution >= 4 is 17.5 Å². The molecule has 0 unspecified atom stereocenters. The van der Waals surface area contributed by atoms with Crippen LogP contribution in [0.2, 0.25) is 5.02 Å². The number of imidazole rings is 1. The van der Waals surface area contributed by atoms with E-state index in [2.05, 4.69) is 24.4 Å². The number of halogens is 1. The highest BCUT2D eigenvalue weighted by Crippen LogP contribution is 2.41. The van der Waals surface area contributed by atoms with Gasteiger partial charge in [0, 0.05) is 55.5 Å². The van der Waals surface area contributed by atoms with E-state index in [-0.39, 0.29) is 6.79 Å². The van der Waals surface area contributed by atoms with Crippen LogP contribution >= 0.6 is 11.6 Å². The smallest absolute Gasteiger partial charge is 0.231 e. The molecule has 0 atom stereocenters. The first kappa shape index (κ1) is 16.4. The molecule has 0 spiro atoms. The molecule has 5 rings (SSSR count). The van der Waals surface area contributed by atoms with Crippen molar-refractivity contribution in [3.63, 3.8) is 0 Å². The number of benzene rings is 1. The third-order valence-corrected chi connectivity index (χ3v) is 5.38. The minimum absolute atomic E-state index is 0.226. The van der Waals surface area contributed by atoms with E-state index >= 15 is 0 Å². The Morgan fingerprint density at radius 3 is 2.48 bits per heavy atom. The SMILES string of the molecule is Clc1cc2c(cc1-c1nccn1C1CCN(c3ncccn3)CC1)OCO2. The van der Waals surface area contributed by atoms with Gasteiger partial charge in [-0.05, 0) is 25.0 Å². The van der Waals surface area contributed by atoms with Gasteiger partial charge in [-0.25, -0.2) is 15.0 Å². The summed E-state index contributed by atoms with van der Waals surface area (Å²) in [4.78, 5) is 15.5. The lowest BCUT2D eigenvalue weighted by atomic mass is 10.0. The number of aromatic nitrogens is 4. The summed E-state index contributed by atoms with van der Waals surface area (Å²) in [7, 11) is 0. The lowest BCUT2D eigenvalue weighted by Crippen LogP contribution is -2.35. The van der Waals surface area contributed by atoms with Crippen molar-refractivity contribution in [1.29, 1.82) is 0 Å². The van der Waals surface area contributed by atoms with Crippen molar-refractivity contribution in [1.82, 2.24) is 19.5 Å². The lowest BCUT2D eigenvalue weighted by Gasteiger charge is -2.33. The molecule has 0 radical (unpaired) electrons. The summed E-state index contributed by atoms with van der Waals surface area (Å²) in [6.45, 7) is 2.03. The number of anilines is 1. The summed E-state index contributed by atoms with van der Waals surface area (Å²) in [5.41, 5.74) is 0.861. The molecule has 0 aliphatic carbocycles. The van der Waals surface area contributed by atoms with Crippen LogP contribution in [0.15, 0.2) is 43.0 Å². The standard InChI is InChI=1S/C19H18ClN5O2/c20-15-11-17-16(26-12-27-17)10-14(15)18-21-6-9-25(18)13-2-7-24(8-3-13)19-22-4-1-5-23-19/h1,4-6,9-11,13H,2-3,7-8,12H2. The predicted molar refractivity (Wildman–Crippen MR) is 101 cm³/mol. The maximum absolute atomic E-state index is 6.50. The Bertz CT molecular complexity index is 954. The molecule has 2 aliphatic rings. The minimum atomic E-state index is 0.226. The Morgan fingerprint density at radius 1 is 0.963 bits per heavy atom. The summed E-state index contributed by atoms with van der Waals surface area (Å²) in [6.07, 6.45) is 9.39. The molecular weight excluding hydrogens is 366 g/mol. The van der Waals surface area contributed by atoms with Crippen molar-refractivity contribution in [3.8, 4) is 22.9 Å². The summed E-state index contributed by atoms with van der Waals surface area (Å²) < 4.78 is 13.1. The van der Waals surface area contributed by atoms with E-state index in [1.807, 2.05) is 24.5 Å². The fraction of sp³-hybridized carbons (Fsp3) is 0.316. The van der Waals surface area contributed by atoms with E-state index in [4.69, 9.17) is 21.1 Å². The summed E-state index contributed by atoms with van der Waals surface area (Å²) >= 11 is 6.50. The van der Waals surface area contributed by atoms with E-state index in [0.717, 1.165) is 43.3 Å². The molecule has 7 nitrogen and oxygen atoms in total. The van der Waals surface area contributed by atoms with Gasteiger partial charge in [-0.3, -0.25) is 0 Å². The molecule has 8 heteroatoms. The first-order chi connectivity index (χ1) is 13.3. The largest absolute Gasteiger partial charge is 0.454 e. The number of ether oxygens (including phenoxy) is 2. The monoisotopic (exact) mass is 383 g/mol. The van der Waals surface area contributed by atoms with E-state index in [9.17, 15) is 0 Å². The van der Waals surface area contributed by atoms with Gasteiger partial charge >= 0.3 is 0 Å². The molecule has 0 saturated carbocycles. The first-order valence-electron chi connectivity index (χ1n) is 8.94. The Balaban J connectivity index is 1.39. The fourth-order valence-electron chi connectivity index (χ4n) is 3.70. The summed E-state index contributed by atoms with van der Waals surface area (Å²) in [5.74, 6) is 3.03. The third kappa shape index (κ3) is 2.98. The predicted octanol–water partition coefficient (Wildman–Crippen LogP) is 3.56. The van der Waals surface area contributed by atoms with Crippen LogP contribution in [0.5, 0.6) is 11.5 Å². The molecule has 0 amide bonds. The minimum Gasteiger partial charge on any atom is -0.454 e. The van der Waals surface area contributed by atoms with Crippen LogP contribution in [0, 0.1) is 0 Å². The molecule has 1 aromatic carbocycles. The highest BCUT2D eigenvalue weighted by atomic mass is 35.5. The molecule has 3 aromatic rings. The zero-order valence-corrected chi connectivity index (χ0v) is 15.3. The molecule has 4 heterocycles. The van der Waals surface area contributed by atoms with Gasteiger partial charge in [-0.1, -0.05) is 11.6 Å². The van der Waals surface area contributed by atoms with Crippen LogP contribution in [0.4, 0.5) is 5.95 Å². The molecule has 2 aromatic heterocycles. The second kappa shape index (κ2) is 6.74. The highest BCUT2D eigenvalue weighted by molar-refractivity contribution is 6.33. The van der Waals surface area contributed by atoms with Gasteiger partial charge in [-0.2, -0.15) is 0 Å². The summed E-state index contributed by atoms with van der Waals surface area (Å²) in [6, 6.07) is 5.90. The van der Waals surface area contributed by atoms with Crippen LogP contribution in [0.25, 0.3) is 11.4 Å². The maximum Gasteiger partial charge on any atom is 0.231 e. The van der Waals surface area contributed by atoms with Crippen LogP contribution in [-0.4, -0.2) is 39.4 Å². The van der Waals surface area contributed by atoms with Gasteiger partial charge in [0.25, 0.3) is 0 Å². The quantitative estimate of drug-likeness (QED) is 0.689. The molecule has 2 aliphatic heterocycles. The van der Waals surface area contributed by atoms with Gasteiger partial charge < -0.3 is 18.9 Å². The van der Waals surface area contributed by atoms with E-state index < -0.39 is 0 Å². The average molecular weight is 384 g/mol. The molecule has 0 N–H and O–H groups in total. The second-order valence-electron chi connectivity index (χ2n) is 6.61. The van der Waals surface area contributed by atoms with E-state index in [0.29, 0.717) is 22.6 Å². The van der Waals surface area contributed by atoms with Crippen LogP contribution < -0.4 is 14.4 Å². The Morgan fingerprint density at radius 2 is 1.70 bits per heavy atom.